The lowest BCUT2D eigenvalue weighted by molar-refractivity contribution is -0.123. The Kier molecular flexibility index (Phi) is 6.97. The van der Waals surface area contributed by atoms with Crippen molar-refractivity contribution in [1.29, 1.82) is 0 Å². The van der Waals surface area contributed by atoms with Gasteiger partial charge in [0.2, 0.25) is 15.9 Å². The second-order valence-corrected chi connectivity index (χ2v) is 8.67. The van der Waals surface area contributed by atoms with Crippen molar-refractivity contribution in [3.63, 3.8) is 0 Å². The number of carbonyl (C=O) groups is 1. The molecular weight excluding hydrogens is 403 g/mol. The summed E-state index contributed by atoms with van der Waals surface area (Å²) in [6, 6.07) is 21.5. The van der Waals surface area contributed by atoms with Crippen LogP contribution in [0.4, 0.5) is 4.39 Å². The van der Waals surface area contributed by atoms with Crippen molar-refractivity contribution in [2.24, 2.45) is 0 Å². The Morgan fingerprint density at radius 1 is 0.900 bits per heavy atom. The largest absolute Gasteiger partial charge is 0.348 e. The molecule has 0 aliphatic carbocycles. The molecule has 0 aromatic heterocycles. The zero-order valence-corrected chi connectivity index (χ0v) is 17.3. The monoisotopic (exact) mass is 426 g/mol. The highest BCUT2D eigenvalue weighted by Gasteiger charge is 2.27. The molecule has 2 N–H and O–H groups in total. The minimum atomic E-state index is -3.89. The van der Waals surface area contributed by atoms with E-state index in [0.29, 0.717) is 5.56 Å². The fraction of sp³-hybridized carbons (Fsp3) is 0.174. The first kappa shape index (κ1) is 21.7. The van der Waals surface area contributed by atoms with Crippen LogP contribution < -0.4 is 10.0 Å². The van der Waals surface area contributed by atoms with Crippen LogP contribution in [0.3, 0.4) is 0 Å². The number of hydrogen-bond acceptors (Lipinski definition) is 3. The molecule has 0 saturated carbocycles. The second kappa shape index (κ2) is 9.65. The average molecular weight is 427 g/mol. The van der Waals surface area contributed by atoms with Gasteiger partial charge in [0.25, 0.3) is 0 Å². The van der Waals surface area contributed by atoms with E-state index >= 15 is 0 Å². The van der Waals surface area contributed by atoms with E-state index in [1.807, 2.05) is 30.3 Å². The molecule has 156 valence electrons. The van der Waals surface area contributed by atoms with Crippen LogP contribution in [-0.4, -0.2) is 20.4 Å². The number of nitrogens with one attached hydrogen (secondary N) is 2. The molecule has 0 aliphatic heterocycles. The molecule has 0 fully saturated rings. The number of sulfonamides is 1. The van der Waals surface area contributed by atoms with Gasteiger partial charge in [-0.15, -0.1) is 0 Å². The van der Waals surface area contributed by atoms with Gasteiger partial charge in [-0.3, -0.25) is 4.79 Å². The molecule has 0 unspecified atom stereocenters. The van der Waals surface area contributed by atoms with Crippen molar-refractivity contribution in [3.05, 3.63) is 102 Å². The average Bonchev–Trinajstić information content (AvgIpc) is 2.75. The quantitative estimate of drug-likeness (QED) is 0.578. The lowest BCUT2D eigenvalue weighted by atomic mass is 10.0. The Morgan fingerprint density at radius 2 is 1.47 bits per heavy atom. The zero-order valence-electron chi connectivity index (χ0n) is 16.5. The van der Waals surface area contributed by atoms with E-state index in [0.717, 1.165) is 5.56 Å². The zero-order chi connectivity index (χ0) is 21.6. The summed E-state index contributed by atoms with van der Waals surface area (Å²) < 4.78 is 41.3. The molecule has 2 atom stereocenters. The Labute approximate surface area is 176 Å². The van der Waals surface area contributed by atoms with E-state index in [-0.39, 0.29) is 17.1 Å². The summed E-state index contributed by atoms with van der Waals surface area (Å²) in [5.74, 6) is -0.829. The van der Waals surface area contributed by atoms with Gasteiger partial charge >= 0.3 is 0 Å². The van der Waals surface area contributed by atoms with Crippen LogP contribution in [-0.2, 0) is 21.2 Å². The summed E-state index contributed by atoms with van der Waals surface area (Å²) in [7, 11) is -3.89. The molecule has 3 rings (SSSR count). The van der Waals surface area contributed by atoms with Gasteiger partial charge in [0.05, 0.1) is 10.9 Å². The first-order chi connectivity index (χ1) is 14.3. The van der Waals surface area contributed by atoms with Crippen LogP contribution in [0.15, 0.2) is 89.8 Å². The number of benzene rings is 3. The fourth-order valence-electron chi connectivity index (χ4n) is 3.04. The van der Waals surface area contributed by atoms with Gasteiger partial charge in [0.15, 0.2) is 0 Å². The third-order valence-electron chi connectivity index (χ3n) is 4.68. The van der Waals surface area contributed by atoms with Crippen molar-refractivity contribution < 1.29 is 17.6 Å². The van der Waals surface area contributed by atoms with E-state index in [1.165, 1.54) is 24.3 Å². The Hall–Kier alpha value is -3.03. The van der Waals surface area contributed by atoms with Crippen molar-refractivity contribution in [1.82, 2.24) is 10.0 Å². The summed E-state index contributed by atoms with van der Waals surface area (Å²) in [5, 5.41) is 2.82. The van der Waals surface area contributed by atoms with Crippen molar-refractivity contribution in [3.8, 4) is 0 Å². The summed E-state index contributed by atoms with van der Waals surface area (Å²) in [4.78, 5) is 13.1. The summed E-state index contributed by atoms with van der Waals surface area (Å²) >= 11 is 0. The topological polar surface area (TPSA) is 75.3 Å². The SMILES string of the molecule is C[C@@H](NC(=O)[C@H](Cc1ccccc1)NS(=O)(=O)c1ccccc1)c1ccc(F)cc1. The first-order valence-electron chi connectivity index (χ1n) is 9.52. The third kappa shape index (κ3) is 5.75. The molecule has 1 amide bonds. The molecule has 0 heterocycles. The maximum atomic E-state index is 13.2. The lowest BCUT2D eigenvalue weighted by Gasteiger charge is -2.22. The Morgan fingerprint density at radius 3 is 2.07 bits per heavy atom. The molecule has 0 radical (unpaired) electrons. The molecule has 0 aliphatic rings. The predicted octanol–water partition coefficient (Wildman–Crippen LogP) is 3.59. The molecule has 5 nitrogen and oxygen atoms in total. The molecule has 3 aromatic rings. The van der Waals surface area contributed by atoms with Crippen LogP contribution >= 0.6 is 0 Å². The molecular formula is C23H23FN2O3S. The van der Waals surface area contributed by atoms with E-state index in [1.54, 1.807) is 37.3 Å². The van der Waals surface area contributed by atoms with E-state index in [4.69, 9.17) is 0 Å². The van der Waals surface area contributed by atoms with Crippen LogP contribution in [0.5, 0.6) is 0 Å². The standard InChI is InChI=1S/C23H23FN2O3S/c1-17(19-12-14-20(24)15-13-19)25-23(27)22(16-18-8-4-2-5-9-18)26-30(28,29)21-10-6-3-7-11-21/h2-15,17,22,26H,16H2,1H3,(H,25,27)/t17-,22+/m1/s1. The highest BCUT2D eigenvalue weighted by Crippen LogP contribution is 2.15. The number of carbonyl (C=O) groups excluding carboxylic acids is 1. The van der Waals surface area contributed by atoms with Crippen LogP contribution in [0.1, 0.15) is 24.1 Å². The Bertz CT molecular complexity index is 1070. The summed E-state index contributed by atoms with van der Waals surface area (Å²) in [6.07, 6.45) is 0.189. The van der Waals surface area contributed by atoms with Gasteiger partial charge in [0.1, 0.15) is 11.9 Å². The Balaban J connectivity index is 1.81. The van der Waals surface area contributed by atoms with Gasteiger partial charge in [0, 0.05) is 0 Å². The number of halogens is 1. The first-order valence-corrected chi connectivity index (χ1v) is 11.0. The van der Waals surface area contributed by atoms with Crippen LogP contribution in [0.2, 0.25) is 0 Å². The van der Waals surface area contributed by atoms with Gasteiger partial charge in [-0.2, -0.15) is 4.72 Å². The summed E-state index contributed by atoms with van der Waals surface area (Å²) in [5.41, 5.74) is 1.54. The van der Waals surface area contributed by atoms with Crippen LogP contribution in [0, 0.1) is 5.82 Å². The molecule has 7 heteroatoms. The normalized spacial score (nSPS) is 13.4. The smallest absolute Gasteiger partial charge is 0.241 e. The van der Waals surface area contributed by atoms with Crippen LogP contribution in [0.25, 0.3) is 0 Å². The fourth-order valence-corrected chi connectivity index (χ4v) is 4.26. The van der Waals surface area contributed by atoms with Gasteiger partial charge in [-0.25, -0.2) is 12.8 Å². The second-order valence-electron chi connectivity index (χ2n) is 6.96. The van der Waals surface area contributed by atoms with E-state index in [9.17, 15) is 17.6 Å². The number of hydrogen-bond donors (Lipinski definition) is 2. The number of amides is 1. The van der Waals surface area contributed by atoms with E-state index < -0.39 is 28.0 Å². The predicted molar refractivity (Wildman–Crippen MR) is 114 cm³/mol. The highest BCUT2D eigenvalue weighted by molar-refractivity contribution is 7.89. The van der Waals surface area contributed by atoms with E-state index in [2.05, 4.69) is 10.0 Å². The summed E-state index contributed by atoms with van der Waals surface area (Å²) in [6.45, 7) is 1.76. The van der Waals surface area contributed by atoms with Crippen molar-refractivity contribution in [2.75, 3.05) is 0 Å². The van der Waals surface area contributed by atoms with Gasteiger partial charge < -0.3 is 5.32 Å². The highest BCUT2D eigenvalue weighted by atomic mass is 32.2. The maximum Gasteiger partial charge on any atom is 0.241 e. The van der Waals surface area contributed by atoms with Gasteiger partial charge in [-0.05, 0) is 48.7 Å². The number of rotatable bonds is 8. The van der Waals surface area contributed by atoms with Crippen molar-refractivity contribution >= 4 is 15.9 Å². The minimum absolute atomic E-state index is 0.0856. The molecule has 0 saturated heterocycles. The van der Waals surface area contributed by atoms with Gasteiger partial charge in [-0.1, -0.05) is 60.7 Å². The molecule has 0 spiro atoms. The third-order valence-corrected chi connectivity index (χ3v) is 6.17. The minimum Gasteiger partial charge on any atom is -0.348 e. The van der Waals surface area contributed by atoms with Crippen molar-refractivity contribution in [2.45, 2.75) is 30.3 Å². The molecule has 3 aromatic carbocycles. The molecule has 0 bridgehead atoms. The maximum absolute atomic E-state index is 13.2. The molecule has 30 heavy (non-hydrogen) atoms. The lowest BCUT2D eigenvalue weighted by Crippen LogP contribution is -2.48.